The Balaban J connectivity index is 1.62. The Labute approximate surface area is 168 Å². The zero-order valence-electron chi connectivity index (χ0n) is 16.7. The Bertz CT molecular complexity index is 887. The highest BCUT2D eigenvalue weighted by Crippen LogP contribution is 2.44. The number of ether oxygens (including phenoxy) is 1. The van der Waals surface area contributed by atoms with Crippen LogP contribution in [0.5, 0.6) is 0 Å². The average molecular weight is 399 g/mol. The Hall–Kier alpha value is -3.04. The third-order valence-electron chi connectivity index (χ3n) is 5.78. The second kappa shape index (κ2) is 7.76. The number of anilines is 1. The van der Waals surface area contributed by atoms with Gasteiger partial charge in [0.1, 0.15) is 6.33 Å². The standard InChI is InChI=1S/C19H25N7O3/c1-3-29-17(28)19-6-4-9-25(16(27)15-22-13-24(2)23-15)10-14(19)11-26(12-19)18-20-7-5-8-21-18/h5,7-8,13-14H,3-4,6,9-12H2,1-2H3/t14-,19+/m0/s1. The third-order valence-corrected chi connectivity index (χ3v) is 5.78. The van der Waals surface area contributed by atoms with Crippen molar-refractivity contribution >= 4 is 17.8 Å². The zero-order chi connectivity index (χ0) is 20.4. The van der Waals surface area contributed by atoms with Crippen molar-refractivity contribution < 1.29 is 14.3 Å². The van der Waals surface area contributed by atoms with E-state index in [0.717, 1.165) is 0 Å². The summed E-state index contributed by atoms with van der Waals surface area (Å²) in [7, 11) is 1.73. The molecular formula is C19H25N7O3. The summed E-state index contributed by atoms with van der Waals surface area (Å²) in [6, 6.07) is 1.76. The molecule has 10 nitrogen and oxygen atoms in total. The maximum atomic E-state index is 13.1. The molecule has 1 amide bonds. The molecule has 0 radical (unpaired) electrons. The van der Waals surface area contributed by atoms with E-state index in [1.807, 2.05) is 11.8 Å². The fourth-order valence-electron chi connectivity index (χ4n) is 4.41. The molecule has 0 spiro atoms. The molecule has 2 aromatic heterocycles. The molecule has 4 heterocycles. The van der Waals surface area contributed by atoms with Crippen molar-refractivity contribution in [1.82, 2.24) is 29.6 Å². The molecule has 2 saturated heterocycles. The largest absolute Gasteiger partial charge is 0.466 e. The molecule has 0 aromatic carbocycles. The number of aromatic nitrogens is 5. The first-order valence-corrected chi connectivity index (χ1v) is 9.87. The van der Waals surface area contributed by atoms with Crippen molar-refractivity contribution in [1.29, 1.82) is 0 Å². The summed E-state index contributed by atoms with van der Waals surface area (Å²) < 4.78 is 6.98. The van der Waals surface area contributed by atoms with Crippen molar-refractivity contribution in [2.75, 3.05) is 37.7 Å². The second-order valence-corrected chi connectivity index (χ2v) is 7.60. The van der Waals surface area contributed by atoms with Crippen molar-refractivity contribution in [2.45, 2.75) is 19.8 Å². The minimum atomic E-state index is -0.679. The van der Waals surface area contributed by atoms with Crippen LogP contribution in [0.2, 0.25) is 0 Å². The molecule has 0 unspecified atom stereocenters. The smallest absolute Gasteiger partial charge is 0.314 e. The Morgan fingerprint density at radius 2 is 2.03 bits per heavy atom. The van der Waals surface area contributed by atoms with E-state index >= 15 is 0 Å². The molecule has 29 heavy (non-hydrogen) atoms. The summed E-state index contributed by atoms with van der Waals surface area (Å²) in [5, 5.41) is 4.14. The maximum absolute atomic E-state index is 13.1. The van der Waals surface area contributed by atoms with E-state index < -0.39 is 5.41 Å². The lowest BCUT2D eigenvalue weighted by atomic mass is 9.75. The van der Waals surface area contributed by atoms with Crippen LogP contribution in [0.25, 0.3) is 0 Å². The molecule has 4 rings (SSSR count). The van der Waals surface area contributed by atoms with Gasteiger partial charge in [0.2, 0.25) is 11.8 Å². The number of carbonyl (C=O) groups is 2. The first kappa shape index (κ1) is 19.3. The Morgan fingerprint density at radius 1 is 1.24 bits per heavy atom. The number of likely N-dealkylation sites (tertiary alicyclic amines) is 1. The van der Waals surface area contributed by atoms with Gasteiger partial charge in [-0.25, -0.2) is 15.0 Å². The first-order valence-electron chi connectivity index (χ1n) is 9.87. The van der Waals surface area contributed by atoms with Gasteiger partial charge in [0.25, 0.3) is 5.91 Å². The van der Waals surface area contributed by atoms with Crippen LogP contribution in [-0.4, -0.2) is 74.3 Å². The minimum absolute atomic E-state index is 0.0829. The molecular weight excluding hydrogens is 374 g/mol. The van der Waals surface area contributed by atoms with Crippen molar-refractivity contribution in [3.63, 3.8) is 0 Å². The van der Waals surface area contributed by atoms with Gasteiger partial charge in [0.15, 0.2) is 0 Å². The van der Waals surface area contributed by atoms with Gasteiger partial charge in [0.05, 0.1) is 12.0 Å². The SMILES string of the molecule is CCOC(=O)[C@@]12CCCN(C(=O)c3ncn(C)n3)C[C@H]1CN(c1ncccn1)C2. The van der Waals surface area contributed by atoms with E-state index in [1.54, 1.807) is 30.4 Å². The molecule has 2 fully saturated rings. The van der Waals surface area contributed by atoms with Gasteiger partial charge < -0.3 is 14.5 Å². The van der Waals surface area contributed by atoms with Gasteiger partial charge in [-0.05, 0) is 25.8 Å². The predicted octanol–water partition coefficient (Wildman–Crippen LogP) is 0.527. The predicted molar refractivity (Wildman–Crippen MR) is 103 cm³/mol. The Morgan fingerprint density at radius 3 is 2.72 bits per heavy atom. The molecule has 154 valence electrons. The van der Waals surface area contributed by atoms with E-state index in [4.69, 9.17) is 4.74 Å². The normalized spacial score (nSPS) is 24.1. The van der Waals surface area contributed by atoms with Crippen LogP contribution in [0.1, 0.15) is 30.4 Å². The van der Waals surface area contributed by atoms with Crippen LogP contribution in [0, 0.1) is 11.3 Å². The van der Waals surface area contributed by atoms with E-state index in [0.29, 0.717) is 51.6 Å². The van der Waals surface area contributed by atoms with E-state index in [2.05, 4.69) is 20.1 Å². The maximum Gasteiger partial charge on any atom is 0.314 e. The van der Waals surface area contributed by atoms with Gasteiger partial charge in [-0.15, -0.1) is 5.10 Å². The molecule has 0 aliphatic carbocycles. The number of nitrogens with zero attached hydrogens (tertiary/aromatic N) is 7. The van der Waals surface area contributed by atoms with E-state index in [-0.39, 0.29) is 23.6 Å². The van der Waals surface area contributed by atoms with Gasteiger partial charge >= 0.3 is 5.97 Å². The number of aryl methyl sites for hydroxylation is 1. The zero-order valence-corrected chi connectivity index (χ0v) is 16.7. The summed E-state index contributed by atoms with van der Waals surface area (Å²) in [5.41, 5.74) is -0.679. The lowest BCUT2D eigenvalue weighted by molar-refractivity contribution is -0.157. The third kappa shape index (κ3) is 3.54. The van der Waals surface area contributed by atoms with Crippen LogP contribution in [-0.2, 0) is 16.6 Å². The van der Waals surface area contributed by atoms with Crippen molar-refractivity contribution in [3.8, 4) is 0 Å². The summed E-state index contributed by atoms with van der Waals surface area (Å²) in [6.45, 7) is 4.23. The second-order valence-electron chi connectivity index (χ2n) is 7.60. The average Bonchev–Trinajstić information content (AvgIpc) is 3.27. The number of hydrogen-bond donors (Lipinski definition) is 0. The molecule has 2 aromatic rings. The highest BCUT2D eigenvalue weighted by Gasteiger charge is 2.55. The molecule has 0 saturated carbocycles. The number of esters is 1. The van der Waals surface area contributed by atoms with Crippen LogP contribution in [0.3, 0.4) is 0 Å². The molecule has 0 N–H and O–H groups in total. The summed E-state index contributed by atoms with van der Waals surface area (Å²) in [5.74, 6) is 0.278. The molecule has 2 aliphatic rings. The molecule has 0 bridgehead atoms. The van der Waals surface area contributed by atoms with Crippen molar-refractivity contribution in [3.05, 3.63) is 30.6 Å². The summed E-state index contributed by atoms with van der Waals surface area (Å²) in [6.07, 6.45) is 6.25. The van der Waals surface area contributed by atoms with Gasteiger partial charge in [-0.1, -0.05) is 0 Å². The lowest BCUT2D eigenvalue weighted by Crippen LogP contribution is -2.43. The van der Waals surface area contributed by atoms with Crippen LogP contribution < -0.4 is 4.90 Å². The summed E-state index contributed by atoms with van der Waals surface area (Å²) >= 11 is 0. The van der Waals surface area contributed by atoms with Gasteiger partial charge in [0, 0.05) is 51.5 Å². The van der Waals surface area contributed by atoms with Crippen molar-refractivity contribution in [2.24, 2.45) is 18.4 Å². The number of rotatable bonds is 4. The van der Waals surface area contributed by atoms with Crippen LogP contribution in [0.4, 0.5) is 5.95 Å². The number of hydrogen-bond acceptors (Lipinski definition) is 8. The fraction of sp³-hybridized carbons (Fsp3) is 0.579. The molecule has 2 atom stereocenters. The van der Waals surface area contributed by atoms with Gasteiger partial charge in [-0.2, -0.15) is 0 Å². The minimum Gasteiger partial charge on any atom is -0.466 e. The molecule has 2 aliphatic heterocycles. The number of fused-ring (bicyclic) bond motifs is 1. The highest BCUT2D eigenvalue weighted by atomic mass is 16.5. The highest BCUT2D eigenvalue weighted by molar-refractivity contribution is 5.90. The lowest BCUT2D eigenvalue weighted by Gasteiger charge is -2.31. The quantitative estimate of drug-likeness (QED) is 0.686. The van der Waals surface area contributed by atoms with Crippen LogP contribution in [0.15, 0.2) is 24.8 Å². The number of amides is 1. The Kier molecular flexibility index (Phi) is 5.16. The summed E-state index contributed by atoms with van der Waals surface area (Å²) in [4.78, 5) is 42.6. The first-order chi connectivity index (χ1) is 14.0. The molecule has 10 heteroatoms. The fourth-order valence-corrected chi connectivity index (χ4v) is 4.41. The van der Waals surface area contributed by atoms with Gasteiger partial charge in [-0.3, -0.25) is 14.3 Å². The number of carbonyl (C=O) groups excluding carboxylic acids is 2. The van der Waals surface area contributed by atoms with Crippen LogP contribution >= 0.6 is 0 Å². The monoisotopic (exact) mass is 399 g/mol. The van der Waals surface area contributed by atoms with E-state index in [9.17, 15) is 9.59 Å². The van der Waals surface area contributed by atoms with E-state index in [1.165, 1.54) is 11.0 Å². The topological polar surface area (TPSA) is 106 Å².